The fraction of sp³-hybridized carbons (Fsp3) is 0.231. The monoisotopic (exact) mass is 346 g/mol. The molecule has 1 unspecified atom stereocenters. The van der Waals surface area contributed by atoms with Crippen LogP contribution in [0, 0.1) is 23.0 Å². The minimum absolute atomic E-state index is 0.492. The van der Waals surface area contributed by atoms with E-state index in [1.54, 1.807) is 6.07 Å². The molecule has 1 heterocycles. The predicted octanol–water partition coefficient (Wildman–Crippen LogP) is 2.73. The molecule has 24 heavy (non-hydrogen) atoms. The van der Waals surface area contributed by atoms with E-state index in [0.29, 0.717) is 0 Å². The van der Waals surface area contributed by atoms with Crippen LogP contribution in [0.3, 0.4) is 0 Å². The molecule has 0 aliphatic heterocycles. The number of halogens is 5. The zero-order valence-corrected chi connectivity index (χ0v) is 11.8. The maximum Gasteiger partial charge on any atom is 0.471 e. The molecule has 11 heteroatoms. The van der Waals surface area contributed by atoms with Crippen LogP contribution in [0.5, 0.6) is 0 Å². The van der Waals surface area contributed by atoms with E-state index in [4.69, 9.17) is 5.26 Å². The summed E-state index contributed by atoms with van der Waals surface area (Å²) < 4.78 is 69.3. The highest BCUT2D eigenvalue weighted by Crippen LogP contribution is 2.31. The number of alkyl halides is 3. The van der Waals surface area contributed by atoms with Crippen molar-refractivity contribution in [2.45, 2.75) is 19.1 Å². The number of rotatable bonds is 3. The molecule has 1 aromatic heterocycles. The molecule has 1 amide bonds. The SMILES string of the molecule is CC(=O)NC(C#N)c1ccc(-c2noc(C(F)(F)F)n2)c(F)c1F. The van der Waals surface area contributed by atoms with Crippen molar-refractivity contribution in [1.29, 1.82) is 5.26 Å². The van der Waals surface area contributed by atoms with Crippen LogP contribution in [-0.2, 0) is 11.0 Å². The first-order valence-corrected chi connectivity index (χ1v) is 6.21. The average Bonchev–Trinajstić information content (AvgIpc) is 2.97. The Kier molecular flexibility index (Phi) is 4.50. The summed E-state index contributed by atoms with van der Waals surface area (Å²) in [4.78, 5) is 13.9. The molecular weight excluding hydrogens is 339 g/mol. The molecule has 0 radical (unpaired) electrons. The van der Waals surface area contributed by atoms with Crippen molar-refractivity contribution < 1.29 is 31.3 Å². The number of carbonyl (C=O) groups excluding carboxylic acids is 1. The normalized spacial score (nSPS) is 12.5. The molecule has 1 N–H and O–H groups in total. The number of amides is 1. The Morgan fingerprint density at radius 1 is 1.33 bits per heavy atom. The molecule has 1 atom stereocenters. The second-order valence-electron chi connectivity index (χ2n) is 4.51. The zero-order chi connectivity index (χ0) is 18.1. The van der Waals surface area contributed by atoms with Crippen molar-refractivity contribution in [3.63, 3.8) is 0 Å². The van der Waals surface area contributed by atoms with E-state index in [-0.39, 0.29) is 0 Å². The molecule has 0 spiro atoms. The van der Waals surface area contributed by atoms with Crippen molar-refractivity contribution in [3.05, 3.63) is 35.2 Å². The lowest BCUT2D eigenvalue weighted by Crippen LogP contribution is -2.25. The smallest absolute Gasteiger partial charge is 0.337 e. The van der Waals surface area contributed by atoms with Crippen LogP contribution in [0.25, 0.3) is 11.4 Å². The van der Waals surface area contributed by atoms with Gasteiger partial charge in [0.25, 0.3) is 0 Å². The first kappa shape index (κ1) is 17.3. The average molecular weight is 346 g/mol. The highest BCUT2D eigenvalue weighted by Gasteiger charge is 2.39. The molecule has 2 aromatic rings. The van der Waals surface area contributed by atoms with Gasteiger partial charge in [-0.25, -0.2) is 8.78 Å². The van der Waals surface area contributed by atoms with Gasteiger partial charge in [0.15, 0.2) is 11.6 Å². The standard InChI is InChI=1S/C13H7F5N4O2/c1-5(23)20-8(4-19)6-2-3-7(10(15)9(6)14)11-21-12(24-22-11)13(16,17)18/h2-3,8H,1H3,(H,20,23). The lowest BCUT2D eigenvalue weighted by atomic mass is 10.0. The van der Waals surface area contributed by atoms with Crippen molar-refractivity contribution in [2.75, 3.05) is 0 Å². The topological polar surface area (TPSA) is 91.8 Å². The van der Waals surface area contributed by atoms with Gasteiger partial charge < -0.3 is 9.84 Å². The Bertz CT molecular complexity index is 825. The van der Waals surface area contributed by atoms with Crippen molar-refractivity contribution >= 4 is 5.91 Å². The minimum atomic E-state index is -4.93. The minimum Gasteiger partial charge on any atom is -0.337 e. The Balaban J connectivity index is 2.45. The van der Waals surface area contributed by atoms with Crippen LogP contribution >= 0.6 is 0 Å². The lowest BCUT2D eigenvalue weighted by molar-refractivity contribution is -0.159. The van der Waals surface area contributed by atoms with E-state index in [1.807, 2.05) is 0 Å². The summed E-state index contributed by atoms with van der Waals surface area (Å²) in [5.41, 5.74) is -1.18. The molecule has 0 bridgehead atoms. The molecule has 0 fully saturated rings. The molecule has 0 saturated carbocycles. The van der Waals surface area contributed by atoms with E-state index in [9.17, 15) is 26.7 Å². The van der Waals surface area contributed by atoms with Gasteiger partial charge in [-0.2, -0.15) is 23.4 Å². The number of benzene rings is 1. The van der Waals surface area contributed by atoms with Gasteiger partial charge in [0.2, 0.25) is 11.7 Å². The van der Waals surface area contributed by atoms with Crippen LogP contribution in [0.4, 0.5) is 22.0 Å². The Hall–Kier alpha value is -3.03. The van der Waals surface area contributed by atoms with Crippen LogP contribution in [0.1, 0.15) is 24.4 Å². The van der Waals surface area contributed by atoms with Crippen LogP contribution in [-0.4, -0.2) is 16.0 Å². The van der Waals surface area contributed by atoms with Crippen LogP contribution in [0.15, 0.2) is 16.7 Å². The van der Waals surface area contributed by atoms with Gasteiger partial charge >= 0.3 is 12.1 Å². The first-order valence-electron chi connectivity index (χ1n) is 6.21. The van der Waals surface area contributed by atoms with Gasteiger partial charge in [-0.3, -0.25) is 4.79 Å². The second-order valence-corrected chi connectivity index (χ2v) is 4.51. The van der Waals surface area contributed by atoms with Gasteiger partial charge in [-0.1, -0.05) is 11.2 Å². The summed E-state index contributed by atoms with van der Waals surface area (Å²) in [6.07, 6.45) is -4.93. The molecular formula is C13H7F5N4O2. The molecule has 0 aliphatic rings. The summed E-state index contributed by atoms with van der Waals surface area (Å²) in [5.74, 6) is -6.27. The van der Waals surface area contributed by atoms with E-state index < -0.39 is 52.6 Å². The number of hydrogen-bond acceptors (Lipinski definition) is 5. The third kappa shape index (κ3) is 3.32. The van der Waals surface area contributed by atoms with Crippen molar-refractivity contribution in [1.82, 2.24) is 15.5 Å². The summed E-state index contributed by atoms with van der Waals surface area (Å²) in [7, 11) is 0. The third-order valence-corrected chi connectivity index (χ3v) is 2.81. The van der Waals surface area contributed by atoms with Gasteiger partial charge in [0, 0.05) is 12.5 Å². The number of nitrogens with one attached hydrogen (secondary N) is 1. The molecule has 1 aromatic carbocycles. The van der Waals surface area contributed by atoms with E-state index in [0.717, 1.165) is 19.1 Å². The Morgan fingerprint density at radius 2 is 2.00 bits per heavy atom. The lowest BCUT2D eigenvalue weighted by Gasteiger charge is -2.12. The van der Waals surface area contributed by atoms with Gasteiger partial charge in [0.05, 0.1) is 11.6 Å². The number of nitrogens with zero attached hydrogens (tertiary/aromatic N) is 3. The van der Waals surface area contributed by atoms with Crippen LogP contribution in [0.2, 0.25) is 0 Å². The molecule has 6 nitrogen and oxygen atoms in total. The quantitative estimate of drug-likeness (QED) is 0.863. The summed E-state index contributed by atoms with van der Waals surface area (Å²) in [6, 6.07) is 1.91. The van der Waals surface area contributed by atoms with Crippen LogP contribution < -0.4 is 5.32 Å². The first-order chi connectivity index (χ1) is 11.1. The summed E-state index contributed by atoms with van der Waals surface area (Å²) in [5, 5.41) is 13.9. The van der Waals surface area contributed by atoms with Gasteiger partial charge in [-0.15, -0.1) is 0 Å². The second kappa shape index (κ2) is 6.23. The van der Waals surface area contributed by atoms with Crippen molar-refractivity contribution in [2.24, 2.45) is 0 Å². The third-order valence-electron chi connectivity index (χ3n) is 2.81. The van der Waals surface area contributed by atoms with E-state index in [1.165, 1.54) is 0 Å². The number of aromatic nitrogens is 2. The highest BCUT2D eigenvalue weighted by molar-refractivity contribution is 5.74. The molecule has 126 valence electrons. The highest BCUT2D eigenvalue weighted by atomic mass is 19.4. The Morgan fingerprint density at radius 3 is 2.50 bits per heavy atom. The van der Waals surface area contributed by atoms with Gasteiger partial charge in [-0.05, 0) is 6.07 Å². The molecule has 0 saturated heterocycles. The predicted molar refractivity (Wildman–Crippen MR) is 66.8 cm³/mol. The van der Waals surface area contributed by atoms with Gasteiger partial charge in [0.1, 0.15) is 6.04 Å². The summed E-state index contributed by atoms with van der Waals surface area (Å²) >= 11 is 0. The van der Waals surface area contributed by atoms with Crippen molar-refractivity contribution in [3.8, 4) is 17.5 Å². The van der Waals surface area contributed by atoms with E-state index >= 15 is 0 Å². The molecule has 2 rings (SSSR count). The number of hydrogen-bond donors (Lipinski definition) is 1. The number of nitriles is 1. The van der Waals surface area contributed by atoms with E-state index in [2.05, 4.69) is 20.0 Å². The number of carbonyl (C=O) groups is 1. The summed E-state index contributed by atoms with van der Waals surface area (Å²) in [6.45, 7) is 1.07. The maximum absolute atomic E-state index is 14.1. The Labute approximate surface area is 130 Å². The largest absolute Gasteiger partial charge is 0.471 e. The fourth-order valence-corrected chi connectivity index (χ4v) is 1.79. The maximum atomic E-state index is 14.1. The molecule has 0 aliphatic carbocycles. The fourth-order valence-electron chi connectivity index (χ4n) is 1.79. The zero-order valence-electron chi connectivity index (χ0n) is 11.8.